The van der Waals surface area contributed by atoms with Gasteiger partial charge < -0.3 is 9.47 Å². The van der Waals surface area contributed by atoms with Crippen LogP contribution in [-0.2, 0) is 11.2 Å². The second-order valence-electron chi connectivity index (χ2n) is 5.59. The molecular weight excluding hydrogens is 224 g/mol. The first-order valence-electron chi connectivity index (χ1n) is 6.85. The summed E-state index contributed by atoms with van der Waals surface area (Å²) in [7, 11) is 3.56. The quantitative estimate of drug-likeness (QED) is 0.806. The fourth-order valence-electron chi connectivity index (χ4n) is 2.86. The average Bonchev–Trinajstić information content (AvgIpc) is 2.43. The molecule has 0 amide bonds. The fourth-order valence-corrected chi connectivity index (χ4v) is 2.86. The zero-order valence-electron chi connectivity index (χ0n) is 11.7. The Hall–Kier alpha value is -1.02. The predicted molar refractivity (Wildman–Crippen MR) is 74.1 cm³/mol. The molecule has 0 spiro atoms. The number of ether oxygens (including phenoxy) is 2. The first-order valence-corrected chi connectivity index (χ1v) is 6.85. The van der Waals surface area contributed by atoms with Crippen LogP contribution in [0.3, 0.4) is 0 Å². The van der Waals surface area contributed by atoms with Crippen molar-refractivity contribution >= 4 is 0 Å². The van der Waals surface area contributed by atoms with Gasteiger partial charge in [-0.1, -0.05) is 19.1 Å². The highest BCUT2D eigenvalue weighted by Crippen LogP contribution is 2.36. The summed E-state index contributed by atoms with van der Waals surface area (Å²) in [5, 5.41) is 0. The van der Waals surface area contributed by atoms with Crippen molar-refractivity contribution in [1.29, 1.82) is 0 Å². The Labute approximate surface area is 110 Å². The minimum Gasteiger partial charge on any atom is -0.497 e. The first-order chi connectivity index (χ1) is 8.67. The Kier molecular flexibility index (Phi) is 4.28. The van der Waals surface area contributed by atoms with Gasteiger partial charge in [-0.2, -0.15) is 0 Å². The highest BCUT2D eigenvalue weighted by Gasteiger charge is 2.34. The van der Waals surface area contributed by atoms with Crippen molar-refractivity contribution in [1.82, 2.24) is 0 Å². The summed E-state index contributed by atoms with van der Waals surface area (Å²) in [5.74, 6) is 1.77. The van der Waals surface area contributed by atoms with Crippen LogP contribution in [0.1, 0.15) is 38.2 Å². The average molecular weight is 248 g/mol. The topological polar surface area (TPSA) is 18.5 Å². The van der Waals surface area contributed by atoms with Crippen LogP contribution >= 0.6 is 0 Å². The van der Waals surface area contributed by atoms with E-state index in [1.807, 2.05) is 19.2 Å². The van der Waals surface area contributed by atoms with Gasteiger partial charge in [-0.3, -0.25) is 0 Å². The lowest BCUT2D eigenvalue weighted by Gasteiger charge is -2.38. The number of hydrogen-bond donors (Lipinski definition) is 0. The minimum atomic E-state index is 0.0566. The molecule has 1 saturated carbocycles. The smallest absolute Gasteiger partial charge is 0.118 e. The zero-order valence-corrected chi connectivity index (χ0v) is 11.7. The van der Waals surface area contributed by atoms with Crippen LogP contribution in [0.25, 0.3) is 0 Å². The largest absolute Gasteiger partial charge is 0.497 e. The molecule has 1 aromatic carbocycles. The van der Waals surface area contributed by atoms with Crippen LogP contribution in [-0.4, -0.2) is 19.8 Å². The van der Waals surface area contributed by atoms with Crippen LogP contribution in [0.2, 0.25) is 0 Å². The second-order valence-corrected chi connectivity index (χ2v) is 5.59. The molecule has 2 nitrogen and oxygen atoms in total. The Bertz CT molecular complexity index is 361. The van der Waals surface area contributed by atoms with Gasteiger partial charge in [-0.15, -0.1) is 0 Å². The third-order valence-corrected chi connectivity index (χ3v) is 4.30. The molecule has 0 bridgehead atoms. The third kappa shape index (κ3) is 3.05. The standard InChI is InChI=1S/C16H24O2/c1-13-8-10-16(18-3,11-9-13)12-14-4-6-15(17-2)7-5-14/h4-7,13H,8-12H2,1-3H3. The molecule has 100 valence electrons. The fraction of sp³-hybridized carbons (Fsp3) is 0.625. The molecule has 1 aromatic rings. The molecule has 1 aliphatic rings. The second kappa shape index (κ2) is 5.75. The lowest BCUT2D eigenvalue weighted by Crippen LogP contribution is -2.38. The van der Waals surface area contributed by atoms with Crippen LogP contribution in [0.15, 0.2) is 24.3 Å². The summed E-state index contributed by atoms with van der Waals surface area (Å²) in [6.07, 6.45) is 5.93. The van der Waals surface area contributed by atoms with Crippen LogP contribution < -0.4 is 4.74 Å². The number of methoxy groups -OCH3 is 2. The molecular formula is C16H24O2. The summed E-state index contributed by atoms with van der Waals surface area (Å²) in [6.45, 7) is 2.34. The monoisotopic (exact) mass is 248 g/mol. The lowest BCUT2D eigenvalue weighted by molar-refractivity contribution is -0.0469. The number of rotatable bonds is 4. The zero-order chi connectivity index (χ0) is 13.0. The number of benzene rings is 1. The SMILES string of the molecule is COc1ccc(CC2(OC)CCC(C)CC2)cc1. The van der Waals surface area contributed by atoms with E-state index in [0.29, 0.717) is 0 Å². The van der Waals surface area contributed by atoms with Gasteiger partial charge >= 0.3 is 0 Å². The lowest BCUT2D eigenvalue weighted by atomic mass is 9.76. The maximum Gasteiger partial charge on any atom is 0.118 e. The maximum atomic E-state index is 5.86. The summed E-state index contributed by atoms with van der Waals surface area (Å²) >= 11 is 0. The summed E-state index contributed by atoms with van der Waals surface area (Å²) in [4.78, 5) is 0. The van der Waals surface area contributed by atoms with Gasteiger partial charge in [0.15, 0.2) is 0 Å². The minimum absolute atomic E-state index is 0.0566. The maximum absolute atomic E-state index is 5.86. The highest BCUT2D eigenvalue weighted by molar-refractivity contribution is 5.28. The first kappa shape index (κ1) is 13.4. The van der Waals surface area contributed by atoms with Gasteiger partial charge in [-0.05, 0) is 49.3 Å². The third-order valence-electron chi connectivity index (χ3n) is 4.30. The van der Waals surface area contributed by atoms with Crippen molar-refractivity contribution in [3.63, 3.8) is 0 Å². The molecule has 0 unspecified atom stereocenters. The van der Waals surface area contributed by atoms with E-state index in [-0.39, 0.29) is 5.60 Å². The molecule has 1 aliphatic carbocycles. The van der Waals surface area contributed by atoms with Gasteiger partial charge in [-0.25, -0.2) is 0 Å². The van der Waals surface area contributed by atoms with Crippen LogP contribution in [0, 0.1) is 5.92 Å². The Morgan fingerprint density at radius 2 is 1.72 bits per heavy atom. The molecule has 0 radical (unpaired) electrons. The molecule has 0 heterocycles. The summed E-state index contributed by atoms with van der Waals surface area (Å²) < 4.78 is 11.0. The van der Waals surface area contributed by atoms with Crippen molar-refractivity contribution in [3.05, 3.63) is 29.8 Å². The van der Waals surface area contributed by atoms with Crippen molar-refractivity contribution in [3.8, 4) is 5.75 Å². The van der Waals surface area contributed by atoms with Gasteiger partial charge in [0.05, 0.1) is 12.7 Å². The Balaban J connectivity index is 2.05. The van der Waals surface area contributed by atoms with Crippen molar-refractivity contribution in [2.45, 2.75) is 44.6 Å². The molecule has 0 N–H and O–H groups in total. The van der Waals surface area contributed by atoms with Crippen molar-refractivity contribution in [2.24, 2.45) is 5.92 Å². The highest BCUT2D eigenvalue weighted by atomic mass is 16.5. The molecule has 2 rings (SSSR count). The molecule has 0 saturated heterocycles. The number of hydrogen-bond acceptors (Lipinski definition) is 2. The molecule has 1 fully saturated rings. The molecule has 0 aliphatic heterocycles. The predicted octanol–water partition coefficient (Wildman–Crippen LogP) is 3.83. The van der Waals surface area contributed by atoms with Gasteiger partial charge in [0.2, 0.25) is 0 Å². The van der Waals surface area contributed by atoms with E-state index >= 15 is 0 Å². The molecule has 18 heavy (non-hydrogen) atoms. The van der Waals surface area contributed by atoms with Gasteiger partial charge in [0.25, 0.3) is 0 Å². The molecule has 2 heteroatoms. The van der Waals surface area contributed by atoms with E-state index in [0.717, 1.165) is 18.1 Å². The van der Waals surface area contributed by atoms with E-state index in [4.69, 9.17) is 9.47 Å². The van der Waals surface area contributed by atoms with E-state index in [1.54, 1.807) is 7.11 Å². The van der Waals surface area contributed by atoms with Crippen molar-refractivity contribution < 1.29 is 9.47 Å². The van der Waals surface area contributed by atoms with Crippen LogP contribution in [0.5, 0.6) is 5.75 Å². The van der Waals surface area contributed by atoms with E-state index in [2.05, 4.69) is 19.1 Å². The van der Waals surface area contributed by atoms with Crippen LogP contribution in [0.4, 0.5) is 0 Å². The van der Waals surface area contributed by atoms with E-state index in [1.165, 1.54) is 31.2 Å². The summed E-state index contributed by atoms with van der Waals surface area (Å²) in [6, 6.07) is 8.36. The van der Waals surface area contributed by atoms with Crippen molar-refractivity contribution in [2.75, 3.05) is 14.2 Å². The molecule has 0 aromatic heterocycles. The van der Waals surface area contributed by atoms with E-state index < -0.39 is 0 Å². The summed E-state index contributed by atoms with van der Waals surface area (Å²) in [5.41, 5.74) is 1.40. The Morgan fingerprint density at radius 3 is 2.22 bits per heavy atom. The van der Waals surface area contributed by atoms with Gasteiger partial charge in [0.1, 0.15) is 5.75 Å². The van der Waals surface area contributed by atoms with E-state index in [9.17, 15) is 0 Å². The normalized spacial score (nSPS) is 28.1. The molecule has 0 atom stereocenters. The Morgan fingerprint density at radius 1 is 1.11 bits per heavy atom. The van der Waals surface area contributed by atoms with Gasteiger partial charge in [0, 0.05) is 13.5 Å².